The van der Waals surface area contributed by atoms with Crippen molar-refractivity contribution in [1.29, 1.82) is 10.7 Å². The van der Waals surface area contributed by atoms with Crippen LogP contribution in [-0.4, -0.2) is 33.6 Å². The lowest BCUT2D eigenvalue weighted by atomic mass is 10.0. The second-order valence-electron chi connectivity index (χ2n) is 5.07. The summed E-state index contributed by atoms with van der Waals surface area (Å²) in [5, 5.41) is 16.5. The fraction of sp³-hybridized carbons (Fsp3) is 0.250. The summed E-state index contributed by atoms with van der Waals surface area (Å²) in [6, 6.07) is 8.39. The molecule has 0 saturated carbocycles. The minimum atomic E-state index is -1.23. The van der Waals surface area contributed by atoms with E-state index >= 15 is 0 Å². The average Bonchev–Trinajstić information content (AvgIpc) is 2.56. The van der Waals surface area contributed by atoms with Crippen LogP contribution in [0.15, 0.2) is 35.4 Å². The molecule has 1 heterocycles. The third-order valence-electron chi connectivity index (χ3n) is 3.29. The number of carbonyl (C=O) groups is 2. The molecule has 0 saturated heterocycles. The molecule has 2 rings (SSSR count). The number of nitrogens with one attached hydrogen (secondary N) is 1. The Morgan fingerprint density at radius 1 is 1.42 bits per heavy atom. The van der Waals surface area contributed by atoms with Crippen LogP contribution in [-0.2, 0) is 20.9 Å². The highest BCUT2D eigenvalue weighted by Gasteiger charge is 2.21. The van der Waals surface area contributed by atoms with Gasteiger partial charge in [-0.1, -0.05) is 12.1 Å². The molecule has 8 heteroatoms. The molecule has 2 aromatic rings. The van der Waals surface area contributed by atoms with Crippen molar-refractivity contribution in [2.45, 2.75) is 13.5 Å². The van der Waals surface area contributed by atoms with Gasteiger partial charge in [-0.05, 0) is 19.1 Å². The summed E-state index contributed by atoms with van der Waals surface area (Å²) < 4.78 is 5.87. The summed E-state index contributed by atoms with van der Waals surface area (Å²) in [6.07, 6.45) is 1.23. The molecule has 0 spiro atoms. The van der Waals surface area contributed by atoms with Crippen LogP contribution in [0.3, 0.4) is 0 Å². The van der Waals surface area contributed by atoms with Gasteiger partial charge >= 0.3 is 5.97 Å². The Kier molecular flexibility index (Phi) is 5.16. The van der Waals surface area contributed by atoms with Crippen LogP contribution in [0.5, 0.6) is 0 Å². The van der Waals surface area contributed by atoms with Crippen LogP contribution in [0, 0.1) is 22.7 Å². The highest BCUT2D eigenvalue weighted by Crippen LogP contribution is 2.05. The zero-order valence-corrected chi connectivity index (χ0v) is 12.9. The Morgan fingerprint density at radius 2 is 2.12 bits per heavy atom. The number of benzene rings is 1. The van der Waals surface area contributed by atoms with Crippen LogP contribution in [0.4, 0.5) is 0 Å². The summed E-state index contributed by atoms with van der Waals surface area (Å²) in [6.45, 7) is 0.307. The zero-order valence-electron chi connectivity index (χ0n) is 12.9. The molecule has 0 radical (unpaired) electrons. The van der Waals surface area contributed by atoms with Gasteiger partial charge in [-0.25, -0.2) is 4.98 Å². The molecule has 122 valence electrons. The van der Waals surface area contributed by atoms with Crippen LogP contribution in [0.2, 0.25) is 0 Å². The van der Waals surface area contributed by atoms with Crippen molar-refractivity contribution in [3.63, 3.8) is 0 Å². The molecule has 0 aliphatic carbocycles. The van der Waals surface area contributed by atoms with Crippen molar-refractivity contribution in [3.8, 4) is 6.07 Å². The lowest BCUT2D eigenvalue weighted by Gasteiger charge is -2.09. The van der Waals surface area contributed by atoms with Gasteiger partial charge in [0.25, 0.3) is 5.56 Å². The molecule has 1 aromatic carbocycles. The van der Waals surface area contributed by atoms with Crippen molar-refractivity contribution in [1.82, 2.24) is 9.55 Å². The van der Waals surface area contributed by atoms with E-state index in [1.165, 1.54) is 13.3 Å². The maximum absolute atomic E-state index is 12.2. The number of ketones is 1. The number of nitriles is 1. The summed E-state index contributed by atoms with van der Waals surface area (Å²) in [5.74, 6) is -2.72. The fourth-order valence-electron chi connectivity index (χ4n) is 2.05. The van der Waals surface area contributed by atoms with Gasteiger partial charge < -0.3 is 10.1 Å². The maximum atomic E-state index is 12.2. The van der Waals surface area contributed by atoms with Crippen LogP contribution >= 0.6 is 0 Å². The molecule has 0 aliphatic rings. The first-order valence-electron chi connectivity index (χ1n) is 7.01. The molecule has 1 atom stereocenters. The third-order valence-corrected chi connectivity index (χ3v) is 3.29. The first kappa shape index (κ1) is 17.0. The molecule has 0 bridgehead atoms. The number of esters is 1. The summed E-state index contributed by atoms with van der Waals surface area (Å²) in [4.78, 5) is 39.8. The van der Waals surface area contributed by atoms with Crippen molar-refractivity contribution in [3.05, 3.63) is 40.9 Å². The number of aromatic nitrogens is 2. The van der Waals surface area contributed by atoms with Crippen molar-refractivity contribution in [2.75, 3.05) is 6.61 Å². The molecule has 1 unspecified atom stereocenters. The lowest BCUT2D eigenvalue weighted by Crippen LogP contribution is -2.29. The minimum absolute atomic E-state index is 0.117. The van der Waals surface area contributed by atoms with Crippen LogP contribution < -0.4 is 5.56 Å². The van der Waals surface area contributed by atoms with E-state index < -0.39 is 36.4 Å². The number of rotatable bonds is 6. The van der Waals surface area contributed by atoms with E-state index in [-0.39, 0.29) is 5.71 Å². The van der Waals surface area contributed by atoms with Crippen LogP contribution in [0.25, 0.3) is 10.9 Å². The molecular weight excluding hydrogens is 312 g/mol. The first-order valence-corrected chi connectivity index (χ1v) is 7.01. The van der Waals surface area contributed by atoms with E-state index in [1.54, 1.807) is 30.3 Å². The third kappa shape index (κ3) is 3.70. The lowest BCUT2D eigenvalue weighted by molar-refractivity contribution is -0.148. The number of ether oxygens (including phenoxy) is 1. The molecule has 1 aromatic heterocycles. The van der Waals surface area contributed by atoms with Gasteiger partial charge in [0.1, 0.15) is 12.5 Å². The predicted molar refractivity (Wildman–Crippen MR) is 84.5 cm³/mol. The monoisotopic (exact) mass is 326 g/mol. The van der Waals surface area contributed by atoms with Gasteiger partial charge in [-0.2, -0.15) is 5.26 Å². The number of hydrogen-bond acceptors (Lipinski definition) is 7. The molecule has 1 N–H and O–H groups in total. The quantitative estimate of drug-likeness (QED) is 0.614. The number of para-hydroxylation sites is 1. The summed E-state index contributed by atoms with van der Waals surface area (Å²) in [7, 11) is 0. The number of nitrogens with zero attached hydrogens (tertiary/aromatic N) is 3. The van der Waals surface area contributed by atoms with E-state index in [9.17, 15) is 14.4 Å². The standard InChI is InChI=1S/C16H14N4O4/c1-10(18)12(6-17)14(21)8-24-15(22)7-20-9-19-13-5-3-2-4-11(13)16(20)23/h2-5,9,12,18H,7-8H2,1H3. The smallest absolute Gasteiger partial charge is 0.326 e. The fourth-order valence-corrected chi connectivity index (χ4v) is 2.05. The predicted octanol–water partition coefficient (Wildman–Crippen LogP) is 0.688. The van der Waals surface area contributed by atoms with Gasteiger partial charge in [0.15, 0.2) is 12.4 Å². The highest BCUT2D eigenvalue weighted by atomic mass is 16.5. The number of carbonyl (C=O) groups excluding carboxylic acids is 2. The zero-order chi connectivity index (χ0) is 17.7. The van der Waals surface area contributed by atoms with Crippen molar-refractivity contribution < 1.29 is 14.3 Å². The Morgan fingerprint density at radius 3 is 2.79 bits per heavy atom. The molecule has 0 amide bonds. The molecular formula is C16H14N4O4. The van der Waals surface area contributed by atoms with Gasteiger partial charge in [0.05, 0.1) is 23.3 Å². The van der Waals surface area contributed by atoms with E-state index in [2.05, 4.69) is 4.98 Å². The topological polar surface area (TPSA) is 126 Å². The Hall–Kier alpha value is -3.34. The van der Waals surface area contributed by atoms with E-state index in [1.807, 2.05) is 0 Å². The van der Waals surface area contributed by atoms with Gasteiger partial charge in [0, 0.05) is 5.71 Å². The van der Waals surface area contributed by atoms with E-state index in [4.69, 9.17) is 15.4 Å². The second kappa shape index (κ2) is 7.28. The highest BCUT2D eigenvalue weighted by molar-refractivity contribution is 6.05. The van der Waals surface area contributed by atoms with Crippen molar-refractivity contribution in [2.24, 2.45) is 5.92 Å². The summed E-state index contributed by atoms with van der Waals surface area (Å²) in [5.41, 5.74) is 0.00299. The minimum Gasteiger partial charge on any atom is -0.456 e. The number of fused-ring (bicyclic) bond motifs is 1. The Bertz CT molecular complexity index is 910. The molecule has 24 heavy (non-hydrogen) atoms. The largest absolute Gasteiger partial charge is 0.456 e. The average molecular weight is 326 g/mol. The molecule has 8 nitrogen and oxygen atoms in total. The van der Waals surface area contributed by atoms with Crippen molar-refractivity contribution >= 4 is 28.4 Å². The number of hydrogen-bond donors (Lipinski definition) is 1. The number of Topliss-reactive ketones (excluding diaryl/α,β-unsaturated/α-hetero) is 1. The van der Waals surface area contributed by atoms with E-state index in [0.29, 0.717) is 10.9 Å². The second-order valence-corrected chi connectivity index (χ2v) is 5.07. The maximum Gasteiger partial charge on any atom is 0.326 e. The van der Waals surface area contributed by atoms with Gasteiger partial charge in [0.2, 0.25) is 0 Å². The summed E-state index contributed by atoms with van der Waals surface area (Å²) >= 11 is 0. The SMILES string of the molecule is CC(=N)C(C#N)C(=O)COC(=O)Cn1cnc2ccccc2c1=O. The van der Waals surface area contributed by atoms with E-state index in [0.717, 1.165) is 4.57 Å². The Labute approximate surface area is 136 Å². The normalized spacial score (nSPS) is 11.5. The first-order chi connectivity index (χ1) is 11.4. The van der Waals surface area contributed by atoms with Gasteiger partial charge in [-0.3, -0.25) is 19.0 Å². The molecule has 0 aliphatic heterocycles. The van der Waals surface area contributed by atoms with Crippen LogP contribution in [0.1, 0.15) is 6.92 Å². The Balaban J connectivity index is 2.05. The molecule has 0 fully saturated rings. The van der Waals surface area contributed by atoms with Gasteiger partial charge in [-0.15, -0.1) is 0 Å².